The maximum atomic E-state index is 11.9. The quantitative estimate of drug-likeness (QED) is 0.276. The molecular weight excluding hydrogens is 332 g/mol. The van der Waals surface area contributed by atoms with Crippen LogP contribution in [0.15, 0.2) is 0 Å². The van der Waals surface area contributed by atoms with E-state index in [1.165, 1.54) is 0 Å². The highest BCUT2D eigenvalue weighted by atomic mass is 32.2. The highest BCUT2D eigenvalue weighted by Gasteiger charge is 2.42. The van der Waals surface area contributed by atoms with Crippen LogP contribution in [0.1, 0.15) is 38.5 Å². The molecule has 0 aromatic heterocycles. The van der Waals surface area contributed by atoms with Crippen LogP contribution in [0.25, 0.3) is 0 Å². The molecule has 0 aliphatic carbocycles. The van der Waals surface area contributed by atoms with Crippen LogP contribution in [-0.2, 0) is 9.59 Å². The molecule has 0 aromatic carbocycles. The molecule has 0 radical (unpaired) electrons. The SMILES string of the molecule is NCCC[C@H](NC(=O)CCCC[C@@H]1SC[C@@H]2NC(=O)N[C@@H]21)C(=O)O. The zero-order chi connectivity index (χ0) is 17.5. The number of amides is 3. The molecule has 2 fully saturated rings. The summed E-state index contributed by atoms with van der Waals surface area (Å²) in [6.07, 6.45) is 3.78. The molecule has 0 saturated carbocycles. The number of carbonyl (C=O) groups excluding carboxylic acids is 2. The zero-order valence-corrected chi connectivity index (χ0v) is 14.4. The number of unbranched alkanes of at least 4 members (excludes halogenated alkanes) is 1. The van der Waals surface area contributed by atoms with Gasteiger partial charge in [-0.2, -0.15) is 11.8 Å². The Labute approximate surface area is 145 Å². The molecule has 8 nitrogen and oxygen atoms in total. The van der Waals surface area contributed by atoms with Gasteiger partial charge in [0.1, 0.15) is 6.04 Å². The minimum Gasteiger partial charge on any atom is -0.480 e. The van der Waals surface area contributed by atoms with Gasteiger partial charge in [0, 0.05) is 17.4 Å². The van der Waals surface area contributed by atoms with Gasteiger partial charge in [0.15, 0.2) is 0 Å². The van der Waals surface area contributed by atoms with Gasteiger partial charge in [-0.05, 0) is 32.2 Å². The molecule has 6 N–H and O–H groups in total. The van der Waals surface area contributed by atoms with E-state index in [2.05, 4.69) is 16.0 Å². The minimum atomic E-state index is -1.02. The third kappa shape index (κ3) is 5.27. The summed E-state index contributed by atoms with van der Waals surface area (Å²) in [4.78, 5) is 34.3. The molecule has 24 heavy (non-hydrogen) atoms. The van der Waals surface area contributed by atoms with Gasteiger partial charge in [-0.25, -0.2) is 9.59 Å². The van der Waals surface area contributed by atoms with E-state index in [1.807, 2.05) is 11.8 Å². The first-order chi connectivity index (χ1) is 11.5. The molecule has 2 aliphatic heterocycles. The largest absolute Gasteiger partial charge is 0.480 e. The molecule has 2 rings (SSSR count). The molecule has 0 unspecified atom stereocenters. The number of carboxylic acid groups (broad SMARTS) is 1. The topological polar surface area (TPSA) is 134 Å². The molecule has 2 aliphatic rings. The van der Waals surface area contributed by atoms with Crippen LogP contribution in [0.4, 0.5) is 4.79 Å². The molecule has 0 bridgehead atoms. The maximum Gasteiger partial charge on any atom is 0.326 e. The molecule has 0 spiro atoms. The molecule has 3 amide bonds. The number of hydrogen-bond acceptors (Lipinski definition) is 5. The van der Waals surface area contributed by atoms with E-state index < -0.39 is 12.0 Å². The molecule has 9 heteroatoms. The number of rotatable bonds is 10. The molecule has 0 aromatic rings. The lowest BCUT2D eigenvalue weighted by atomic mass is 10.0. The smallest absolute Gasteiger partial charge is 0.326 e. The van der Waals surface area contributed by atoms with Crippen LogP contribution < -0.4 is 21.7 Å². The van der Waals surface area contributed by atoms with Gasteiger partial charge in [0.2, 0.25) is 5.91 Å². The summed E-state index contributed by atoms with van der Waals surface area (Å²) in [5, 5.41) is 17.9. The number of nitrogens with two attached hydrogens (primary N) is 1. The van der Waals surface area contributed by atoms with Crippen molar-refractivity contribution in [1.29, 1.82) is 0 Å². The van der Waals surface area contributed by atoms with Gasteiger partial charge >= 0.3 is 12.0 Å². The van der Waals surface area contributed by atoms with Crippen LogP contribution >= 0.6 is 11.8 Å². The number of carboxylic acids is 1. The normalized spacial score (nSPS) is 26.4. The van der Waals surface area contributed by atoms with Gasteiger partial charge in [-0.15, -0.1) is 0 Å². The number of hydrogen-bond donors (Lipinski definition) is 5. The summed E-state index contributed by atoms with van der Waals surface area (Å²) < 4.78 is 0. The Morgan fingerprint density at radius 3 is 2.83 bits per heavy atom. The second-order valence-corrected chi connectivity index (χ2v) is 7.53. The molecule has 2 heterocycles. The van der Waals surface area contributed by atoms with Gasteiger partial charge in [-0.3, -0.25) is 4.79 Å². The lowest BCUT2D eigenvalue weighted by molar-refractivity contribution is -0.142. The fourth-order valence-corrected chi connectivity index (χ4v) is 4.66. The summed E-state index contributed by atoms with van der Waals surface area (Å²) >= 11 is 1.85. The number of aliphatic carboxylic acids is 1. The average Bonchev–Trinajstić information content (AvgIpc) is 3.07. The lowest BCUT2D eigenvalue weighted by Gasteiger charge is -2.17. The first-order valence-electron chi connectivity index (χ1n) is 8.42. The van der Waals surface area contributed by atoms with Crippen molar-refractivity contribution in [2.24, 2.45) is 5.73 Å². The Morgan fingerprint density at radius 1 is 1.33 bits per heavy atom. The van der Waals surface area contributed by atoms with E-state index in [0.29, 0.717) is 37.5 Å². The number of fused-ring (bicyclic) bond motifs is 1. The average molecular weight is 358 g/mol. The van der Waals surface area contributed by atoms with Crippen LogP contribution in [0, 0.1) is 0 Å². The Hall–Kier alpha value is -1.48. The van der Waals surface area contributed by atoms with Gasteiger partial charge < -0.3 is 26.8 Å². The van der Waals surface area contributed by atoms with E-state index in [9.17, 15) is 14.4 Å². The Kier molecular flexibility index (Phi) is 7.16. The van der Waals surface area contributed by atoms with Crippen LogP contribution in [0.3, 0.4) is 0 Å². The van der Waals surface area contributed by atoms with Gasteiger partial charge in [-0.1, -0.05) is 6.42 Å². The third-order valence-corrected chi connectivity index (χ3v) is 5.92. The van der Waals surface area contributed by atoms with E-state index in [-0.39, 0.29) is 24.0 Å². The molecule has 136 valence electrons. The van der Waals surface area contributed by atoms with Gasteiger partial charge in [0.05, 0.1) is 12.1 Å². The molecular formula is C15H26N4O4S. The summed E-state index contributed by atoms with van der Waals surface area (Å²) in [5.41, 5.74) is 5.37. The van der Waals surface area contributed by atoms with E-state index in [4.69, 9.17) is 10.8 Å². The maximum absolute atomic E-state index is 11.9. The van der Waals surface area contributed by atoms with Crippen molar-refractivity contribution in [2.75, 3.05) is 12.3 Å². The van der Waals surface area contributed by atoms with Crippen molar-refractivity contribution in [3.8, 4) is 0 Å². The standard InChI is InChI=1S/C15H26N4O4S/c16-7-3-4-9(14(21)22)17-12(20)6-2-1-5-11-13-10(8-24-11)18-15(23)19-13/h9-11,13H,1-8,16H2,(H,17,20)(H,21,22)(H2,18,19,23)/t9-,10-,11-,13-/m0/s1. The fraction of sp³-hybridized carbons (Fsp3) is 0.800. The predicted octanol–water partition coefficient (Wildman–Crippen LogP) is 0.0205. The second kappa shape index (κ2) is 9.12. The van der Waals surface area contributed by atoms with Crippen molar-refractivity contribution in [1.82, 2.24) is 16.0 Å². The summed E-state index contributed by atoms with van der Waals surface area (Å²) in [6, 6.07) is -0.544. The van der Waals surface area contributed by atoms with Crippen molar-refractivity contribution in [3.05, 3.63) is 0 Å². The number of urea groups is 1. The van der Waals surface area contributed by atoms with E-state index >= 15 is 0 Å². The highest BCUT2D eigenvalue weighted by molar-refractivity contribution is 8.00. The van der Waals surface area contributed by atoms with E-state index in [0.717, 1.165) is 18.6 Å². The Morgan fingerprint density at radius 2 is 2.12 bits per heavy atom. The third-order valence-electron chi connectivity index (χ3n) is 4.41. The van der Waals surface area contributed by atoms with Crippen molar-refractivity contribution in [3.63, 3.8) is 0 Å². The number of thioether (sulfide) groups is 1. The van der Waals surface area contributed by atoms with Crippen molar-refractivity contribution >= 4 is 29.7 Å². The van der Waals surface area contributed by atoms with Crippen molar-refractivity contribution in [2.45, 2.75) is 61.9 Å². The van der Waals surface area contributed by atoms with Crippen molar-refractivity contribution < 1.29 is 19.5 Å². The Balaban J connectivity index is 1.62. The first-order valence-corrected chi connectivity index (χ1v) is 9.47. The minimum absolute atomic E-state index is 0.0909. The monoisotopic (exact) mass is 358 g/mol. The van der Waals surface area contributed by atoms with Crippen LogP contribution in [0.5, 0.6) is 0 Å². The second-order valence-electron chi connectivity index (χ2n) is 6.26. The van der Waals surface area contributed by atoms with E-state index in [1.54, 1.807) is 0 Å². The highest BCUT2D eigenvalue weighted by Crippen LogP contribution is 2.33. The Bertz CT molecular complexity index is 476. The summed E-state index contributed by atoms with van der Waals surface area (Å²) in [5.74, 6) is -0.322. The summed E-state index contributed by atoms with van der Waals surface area (Å²) in [7, 11) is 0. The van der Waals surface area contributed by atoms with Crippen LogP contribution in [-0.4, -0.2) is 58.7 Å². The first kappa shape index (κ1) is 18.9. The van der Waals surface area contributed by atoms with Crippen LogP contribution in [0.2, 0.25) is 0 Å². The van der Waals surface area contributed by atoms with Gasteiger partial charge in [0.25, 0.3) is 0 Å². The lowest BCUT2D eigenvalue weighted by Crippen LogP contribution is -2.41. The zero-order valence-electron chi connectivity index (χ0n) is 13.6. The molecule has 2 saturated heterocycles. The number of nitrogens with one attached hydrogen (secondary N) is 3. The predicted molar refractivity (Wildman–Crippen MR) is 91.8 cm³/mol. The fourth-order valence-electron chi connectivity index (χ4n) is 3.12. The number of carbonyl (C=O) groups is 3. The molecule has 4 atom stereocenters. The summed E-state index contributed by atoms with van der Waals surface area (Å²) in [6.45, 7) is 0.409.